The zero-order valence-corrected chi connectivity index (χ0v) is 16.4. The van der Waals surface area contributed by atoms with Crippen molar-refractivity contribution in [3.8, 4) is 0 Å². The molecule has 0 bridgehead atoms. The quantitative estimate of drug-likeness (QED) is 0.382. The maximum atomic E-state index is 11.3. The van der Waals surface area contributed by atoms with Gasteiger partial charge in [-0.2, -0.15) is 0 Å². The number of rotatable bonds is 7. The molecule has 2 aromatic carbocycles. The van der Waals surface area contributed by atoms with E-state index in [1.54, 1.807) is 11.8 Å². The fraction of sp³-hybridized carbons (Fsp3) is 0.200. The number of thioether (sulfide) groups is 1. The minimum Gasteiger partial charge on any atom is -0.378 e. The van der Waals surface area contributed by atoms with Gasteiger partial charge in [-0.15, -0.1) is 11.8 Å². The molecule has 0 aliphatic heterocycles. The summed E-state index contributed by atoms with van der Waals surface area (Å²) in [6.07, 6.45) is 0. The second kappa shape index (κ2) is 8.17. The summed E-state index contributed by atoms with van der Waals surface area (Å²) < 4.78 is 23.7. The zero-order chi connectivity index (χ0) is 18.6. The summed E-state index contributed by atoms with van der Waals surface area (Å²) in [5.74, 6) is 0. The van der Waals surface area contributed by atoms with E-state index in [0.717, 1.165) is 15.4 Å². The van der Waals surface area contributed by atoms with Crippen molar-refractivity contribution in [2.75, 3.05) is 11.9 Å². The molecule has 0 spiro atoms. The largest absolute Gasteiger partial charge is 0.378 e. The lowest BCUT2D eigenvalue weighted by atomic mass is 10.2. The summed E-state index contributed by atoms with van der Waals surface area (Å²) in [4.78, 5) is 11.3. The van der Waals surface area contributed by atoms with Crippen LogP contribution in [-0.2, 0) is 10.0 Å². The molecule has 0 saturated carbocycles. The summed E-state index contributed by atoms with van der Waals surface area (Å²) >= 11 is 5.00. The van der Waals surface area contributed by atoms with Crippen LogP contribution in [0.2, 0.25) is 0 Å². The van der Waals surface area contributed by atoms with Gasteiger partial charge in [0.2, 0.25) is 10.0 Å². The van der Waals surface area contributed by atoms with Crippen LogP contribution >= 0.6 is 27.7 Å². The Morgan fingerprint density at radius 2 is 1.92 bits per heavy atom. The van der Waals surface area contributed by atoms with Gasteiger partial charge in [0.15, 0.2) is 0 Å². The van der Waals surface area contributed by atoms with Crippen LogP contribution in [0.3, 0.4) is 0 Å². The number of anilines is 1. The van der Waals surface area contributed by atoms with Crippen LogP contribution in [0.15, 0.2) is 56.7 Å². The third-order valence-corrected chi connectivity index (χ3v) is 5.78. The SMILES string of the molecule is CC(CNc1ccc(S(N)(=O)=O)cc1[N+](=O)[O-])Sc1ccc(Br)cc1. The number of hydrogen-bond donors (Lipinski definition) is 2. The first-order chi connectivity index (χ1) is 11.7. The molecule has 10 heteroatoms. The van der Waals surface area contributed by atoms with Crippen molar-refractivity contribution in [3.05, 3.63) is 57.1 Å². The lowest BCUT2D eigenvalue weighted by Crippen LogP contribution is -2.15. The molecule has 25 heavy (non-hydrogen) atoms. The lowest BCUT2D eigenvalue weighted by molar-refractivity contribution is -0.384. The van der Waals surface area contributed by atoms with E-state index >= 15 is 0 Å². The highest BCUT2D eigenvalue weighted by molar-refractivity contribution is 9.10. The molecule has 0 aliphatic carbocycles. The van der Waals surface area contributed by atoms with Gasteiger partial charge in [-0.25, -0.2) is 13.6 Å². The summed E-state index contributed by atoms with van der Waals surface area (Å²) in [6, 6.07) is 11.4. The second-order valence-corrected chi connectivity index (χ2v) is 9.23. The van der Waals surface area contributed by atoms with E-state index in [0.29, 0.717) is 6.54 Å². The molecule has 2 aromatic rings. The fourth-order valence-electron chi connectivity index (χ4n) is 2.03. The first kappa shape index (κ1) is 19.7. The van der Waals surface area contributed by atoms with Crippen LogP contribution in [0.1, 0.15) is 6.92 Å². The summed E-state index contributed by atoms with van der Waals surface area (Å²) in [6.45, 7) is 2.46. The monoisotopic (exact) mass is 445 g/mol. The highest BCUT2D eigenvalue weighted by Gasteiger charge is 2.19. The van der Waals surface area contributed by atoms with Gasteiger partial charge in [0, 0.05) is 27.2 Å². The maximum absolute atomic E-state index is 11.3. The highest BCUT2D eigenvalue weighted by Crippen LogP contribution is 2.29. The van der Waals surface area contributed by atoms with Gasteiger partial charge >= 0.3 is 0 Å². The minimum atomic E-state index is -3.99. The van der Waals surface area contributed by atoms with Gasteiger partial charge in [0.05, 0.1) is 9.82 Å². The summed E-state index contributed by atoms with van der Waals surface area (Å²) in [7, 11) is -3.99. The Hall–Kier alpha value is -1.62. The van der Waals surface area contributed by atoms with E-state index in [-0.39, 0.29) is 21.5 Å². The van der Waals surface area contributed by atoms with Gasteiger partial charge in [-0.05, 0) is 36.4 Å². The predicted octanol–water partition coefficient (Wildman–Crippen LogP) is 3.60. The standard InChI is InChI=1S/C15H16BrN3O4S2/c1-10(24-12-4-2-11(16)3-5-12)9-18-14-7-6-13(25(17,22)23)8-15(14)19(20)21/h2-8,10,18H,9H2,1H3,(H2,17,22,23). The molecule has 134 valence electrons. The molecular formula is C15H16BrN3O4S2. The Balaban J connectivity index is 2.09. The van der Waals surface area contributed by atoms with Crippen molar-refractivity contribution in [3.63, 3.8) is 0 Å². The number of sulfonamides is 1. The number of nitro benzene ring substituents is 1. The molecule has 0 fully saturated rings. The van der Waals surface area contributed by atoms with Gasteiger partial charge in [-0.3, -0.25) is 10.1 Å². The van der Waals surface area contributed by atoms with Crippen LogP contribution < -0.4 is 10.5 Å². The van der Waals surface area contributed by atoms with E-state index in [2.05, 4.69) is 21.2 Å². The topological polar surface area (TPSA) is 115 Å². The Morgan fingerprint density at radius 3 is 2.48 bits per heavy atom. The van der Waals surface area contributed by atoms with Crippen molar-refractivity contribution in [2.45, 2.75) is 22.0 Å². The Kier molecular flexibility index (Phi) is 6.44. The van der Waals surface area contributed by atoms with Gasteiger partial charge in [-0.1, -0.05) is 22.9 Å². The number of hydrogen-bond acceptors (Lipinski definition) is 6. The van der Waals surface area contributed by atoms with Gasteiger partial charge in [0.25, 0.3) is 5.69 Å². The average Bonchev–Trinajstić information content (AvgIpc) is 2.54. The van der Waals surface area contributed by atoms with Crippen LogP contribution in [0.25, 0.3) is 0 Å². The molecule has 7 nitrogen and oxygen atoms in total. The number of primary sulfonamides is 1. The molecule has 0 saturated heterocycles. The van der Waals surface area contributed by atoms with Gasteiger partial charge in [0.1, 0.15) is 5.69 Å². The van der Waals surface area contributed by atoms with Crippen molar-refractivity contribution in [1.82, 2.24) is 0 Å². The predicted molar refractivity (Wildman–Crippen MR) is 102 cm³/mol. The Morgan fingerprint density at radius 1 is 1.28 bits per heavy atom. The minimum absolute atomic E-state index is 0.138. The molecule has 3 N–H and O–H groups in total. The summed E-state index contributed by atoms with van der Waals surface area (Å²) in [5, 5.41) is 19.3. The number of nitrogens with zero attached hydrogens (tertiary/aromatic N) is 1. The molecule has 0 aromatic heterocycles. The lowest BCUT2D eigenvalue weighted by Gasteiger charge is -2.14. The fourth-order valence-corrected chi connectivity index (χ4v) is 3.75. The Bertz CT molecular complexity index is 873. The molecule has 2 rings (SSSR count). The van der Waals surface area contributed by atoms with Crippen molar-refractivity contribution >= 4 is 49.1 Å². The Labute approximate surface area is 158 Å². The summed E-state index contributed by atoms with van der Waals surface area (Å²) in [5.41, 5.74) is -0.0759. The van der Waals surface area contributed by atoms with Crippen LogP contribution in [0.5, 0.6) is 0 Å². The molecule has 0 radical (unpaired) electrons. The molecule has 1 unspecified atom stereocenters. The van der Waals surface area contributed by atoms with Crippen LogP contribution in [-0.4, -0.2) is 25.1 Å². The number of halogens is 1. The molecule has 0 heterocycles. The van der Waals surface area contributed by atoms with E-state index in [1.165, 1.54) is 12.1 Å². The molecule has 0 aliphatic rings. The number of nitro groups is 1. The van der Waals surface area contributed by atoms with E-state index < -0.39 is 14.9 Å². The van der Waals surface area contributed by atoms with Crippen LogP contribution in [0.4, 0.5) is 11.4 Å². The van der Waals surface area contributed by atoms with Gasteiger partial charge < -0.3 is 5.32 Å². The third-order valence-electron chi connectivity index (χ3n) is 3.23. The number of nitrogens with one attached hydrogen (secondary N) is 1. The third kappa shape index (κ3) is 5.70. The van der Waals surface area contributed by atoms with E-state index in [9.17, 15) is 18.5 Å². The average molecular weight is 446 g/mol. The molecule has 1 atom stereocenters. The maximum Gasteiger partial charge on any atom is 0.293 e. The molecule has 0 amide bonds. The molecular weight excluding hydrogens is 430 g/mol. The highest BCUT2D eigenvalue weighted by atomic mass is 79.9. The van der Waals surface area contributed by atoms with Crippen LogP contribution in [0, 0.1) is 10.1 Å². The van der Waals surface area contributed by atoms with E-state index in [1.807, 2.05) is 31.2 Å². The number of nitrogens with two attached hydrogens (primary N) is 1. The van der Waals surface area contributed by atoms with Crippen molar-refractivity contribution < 1.29 is 13.3 Å². The first-order valence-corrected chi connectivity index (χ1v) is 10.4. The van der Waals surface area contributed by atoms with Crippen molar-refractivity contribution in [1.29, 1.82) is 0 Å². The number of benzene rings is 2. The normalized spacial score (nSPS) is 12.6. The van der Waals surface area contributed by atoms with E-state index in [4.69, 9.17) is 5.14 Å². The zero-order valence-electron chi connectivity index (χ0n) is 13.2. The van der Waals surface area contributed by atoms with Crippen molar-refractivity contribution in [2.24, 2.45) is 5.14 Å². The first-order valence-electron chi connectivity index (χ1n) is 7.14. The smallest absolute Gasteiger partial charge is 0.293 e. The second-order valence-electron chi connectivity index (χ2n) is 5.24.